The van der Waals surface area contributed by atoms with Crippen LogP contribution in [0.3, 0.4) is 0 Å². The van der Waals surface area contributed by atoms with Gasteiger partial charge in [0.05, 0.1) is 17.4 Å². The minimum Gasteiger partial charge on any atom is -0.489 e. The highest BCUT2D eigenvalue weighted by atomic mass is 16.5. The predicted molar refractivity (Wildman–Crippen MR) is 94.7 cm³/mol. The van der Waals surface area contributed by atoms with E-state index in [2.05, 4.69) is 20.6 Å². The summed E-state index contributed by atoms with van der Waals surface area (Å²) in [7, 11) is 0. The van der Waals surface area contributed by atoms with Crippen molar-refractivity contribution in [2.45, 2.75) is 46.3 Å². The Labute approximate surface area is 142 Å². The zero-order valence-corrected chi connectivity index (χ0v) is 14.5. The van der Waals surface area contributed by atoms with E-state index in [1.807, 2.05) is 52.0 Å². The van der Waals surface area contributed by atoms with Gasteiger partial charge in [-0.3, -0.25) is 4.79 Å². The lowest BCUT2D eigenvalue weighted by Crippen LogP contribution is -2.32. The molecule has 0 fully saturated rings. The SMILES string of the molecule is CCC(C)NC(=O)c1cnc(Nc2ccccc2OC(C)C)nc1. The van der Waals surface area contributed by atoms with Crippen LogP contribution in [0.4, 0.5) is 11.6 Å². The number of benzene rings is 1. The molecule has 24 heavy (non-hydrogen) atoms. The molecule has 0 aliphatic carbocycles. The molecule has 128 valence electrons. The molecule has 0 aliphatic rings. The van der Waals surface area contributed by atoms with Crippen molar-refractivity contribution in [1.82, 2.24) is 15.3 Å². The largest absolute Gasteiger partial charge is 0.489 e. The van der Waals surface area contributed by atoms with Crippen molar-refractivity contribution in [3.63, 3.8) is 0 Å². The third kappa shape index (κ3) is 4.94. The lowest BCUT2D eigenvalue weighted by Gasteiger charge is -2.15. The molecular weight excluding hydrogens is 304 g/mol. The smallest absolute Gasteiger partial charge is 0.254 e. The van der Waals surface area contributed by atoms with Crippen molar-refractivity contribution in [1.29, 1.82) is 0 Å². The molecule has 0 radical (unpaired) electrons. The van der Waals surface area contributed by atoms with Crippen molar-refractivity contribution in [2.24, 2.45) is 0 Å². The van der Waals surface area contributed by atoms with E-state index >= 15 is 0 Å². The standard InChI is InChI=1S/C18H24N4O2/c1-5-13(4)21-17(23)14-10-19-18(20-11-14)22-15-8-6-7-9-16(15)24-12(2)3/h6-13H,5H2,1-4H3,(H,21,23)(H,19,20,22). The van der Waals surface area contributed by atoms with E-state index in [0.717, 1.165) is 17.9 Å². The number of nitrogens with one attached hydrogen (secondary N) is 2. The van der Waals surface area contributed by atoms with Gasteiger partial charge in [0.1, 0.15) is 5.75 Å². The molecule has 6 nitrogen and oxygen atoms in total. The van der Waals surface area contributed by atoms with Crippen LogP contribution in [0, 0.1) is 0 Å². The third-order valence-corrected chi connectivity index (χ3v) is 3.40. The van der Waals surface area contributed by atoms with Crippen molar-refractivity contribution in [3.05, 3.63) is 42.2 Å². The van der Waals surface area contributed by atoms with Gasteiger partial charge in [0.2, 0.25) is 5.95 Å². The molecule has 0 bridgehead atoms. The van der Waals surface area contributed by atoms with E-state index in [9.17, 15) is 4.79 Å². The molecule has 2 N–H and O–H groups in total. The summed E-state index contributed by atoms with van der Waals surface area (Å²) in [6.45, 7) is 7.92. The fourth-order valence-electron chi connectivity index (χ4n) is 1.97. The number of amides is 1. The molecule has 0 aliphatic heterocycles. The summed E-state index contributed by atoms with van der Waals surface area (Å²) in [6, 6.07) is 7.71. The van der Waals surface area contributed by atoms with Gasteiger partial charge in [-0.05, 0) is 39.3 Å². The van der Waals surface area contributed by atoms with Gasteiger partial charge in [-0.15, -0.1) is 0 Å². The molecule has 1 aromatic carbocycles. The number of aromatic nitrogens is 2. The van der Waals surface area contributed by atoms with Crippen LogP contribution in [0.25, 0.3) is 0 Å². The van der Waals surface area contributed by atoms with Crippen LogP contribution in [0.15, 0.2) is 36.7 Å². The molecule has 1 heterocycles. The van der Waals surface area contributed by atoms with Crippen molar-refractivity contribution in [2.75, 3.05) is 5.32 Å². The molecule has 6 heteroatoms. The maximum Gasteiger partial charge on any atom is 0.254 e. The van der Waals surface area contributed by atoms with Crippen molar-refractivity contribution < 1.29 is 9.53 Å². The average Bonchev–Trinajstić information content (AvgIpc) is 2.56. The molecule has 0 spiro atoms. The normalized spacial score (nSPS) is 11.9. The summed E-state index contributed by atoms with van der Waals surface area (Å²) in [4.78, 5) is 20.4. The Bertz CT molecular complexity index is 671. The van der Waals surface area contributed by atoms with Gasteiger partial charge in [0.25, 0.3) is 5.91 Å². The maximum absolute atomic E-state index is 12.0. The van der Waals surface area contributed by atoms with E-state index in [1.54, 1.807) is 0 Å². The maximum atomic E-state index is 12.0. The Balaban J connectivity index is 2.08. The monoisotopic (exact) mass is 328 g/mol. The van der Waals surface area contributed by atoms with Crippen LogP contribution in [0.5, 0.6) is 5.75 Å². The highest BCUT2D eigenvalue weighted by Crippen LogP contribution is 2.26. The van der Waals surface area contributed by atoms with E-state index in [1.165, 1.54) is 12.4 Å². The molecule has 0 saturated heterocycles. The molecule has 2 rings (SSSR count). The highest BCUT2D eigenvalue weighted by molar-refractivity contribution is 5.93. The zero-order valence-electron chi connectivity index (χ0n) is 14.5. The van der Waals surface area contributed by atoms with Crippen molar-refractivity contribution >= 4 is 17.5 Å². The highest BCUT2D eigenvalue weighted by Gasteiger charge is 2.11. The fraction of sp³-hybridized carbons (Fsp3) is 0.389. The molecule has 1 atom stereocenters. The van der Waals surface area contributed by atoms with E-state index < -0.39 is 0 Å². The lowest BCUT2D eigenvalue weighted by atomic mass is 10.2. The van der Waals surface area contributed by atoms with E-state index in [-0.39, 0.29) is 18.1 Å². The van der Waals surface area contributed by atoms with Crippen LogP contribution < -0.4 is 15.4 Å². The molecule has 1 aromatic heterocycles. The predicted octanol–water partition coefficient (Wildman–Crippen LogP) is 3.54. The summed E-state index contributed by atoms with van der Waals surface area (Å²) >= 11 is 0. The van der Waals surface area contributed by atoms with E-state index in [4.69, 9.17) is 4.74 Å². The van der Waals surface area contributed by atoms with Gasteiger partial charge < -0.3 is 15.4 Å². The molecule has 1 unspecified atom stereocenters. The van der Waals surface area contributed by atoms with Gasteiger partial charge in [-0.1, -0.05) is 19.1 Å². The minimum absolute atomic E-state index is 0.0699. The molecule has 0 saturated carbocycles. The summed E-state index contributed by atoms with van der Waals surface area (Å²) in [5.41, 5.74) is 1.22. The topological polar surface area (TPSA) is 76.1 Å². The number of ether oxygens (including phenoxy) is 1. The average molecular weight is 328 g/mol. The Morgan fingerprint density at radius 3 is 2.46 bits per heavy atom. The first-order valence-electron chi connectivity index (χ1n) is 8.15. The Kier molecular flexibility index (Phi) is 6.12. The number of anilines is 2. The molecular formula is C18H24N4O2. The summed E-state index contributed by atoms with van der Waals surface area (Å²) in [5, 5.41) is 6.00. The van der Waals surface area contributed by atoms with Crippen LogP contribution in [-0.2, 0) is 0 Å². The van der Waals surface area contributed by atoms with Gasteiger partial charge in [0, 0.05) is 18.4 Å². The number of nitrogens with zero attached hydrogens (tertiary/aromatic N) is 2. The summed E-state index contributed by atoms with van der Waals surface area (Å²) in [5.74, 6) is 0.976. The first-order chi connectivity index (χ1) is 11.5. The summed E-state index contributed by atoms with van der Waals surface area (Å²) < 4.78 is 5.75. The Hall–Kier alpha value is -2.63. The van der Waals surface area contributed by atoms with Crippen LogP contribution in [0.2, 0.25) is 0 Å². The second-order valence-corrected chi connectivity index (χ2v) is 5.87. The third-order valence-electron chi connectivity index (χ3n) is 3.40. The van der Waals surface area contributed by atoms with Crippen LogP contribution in [-0.4, -0.2) is 28.0 Å². The number of rotatable bonds is 7. The summed E-state index contributed by atoms with van der Waals surface area (Å²) in [6.07, 6.45) is 3.97. The Morgan fingerprint density at radius 1 is 1.17 bits per heavy atom. The Morgan fingerprint density at radius 2 is 1.83 bits per heavy atom. The van der Waals surface area contributed by atoms with Crippen LogP contribution >= 0.6 is 0 Å². The zero-order chi connectivity index (χ0) is 17.5. The second kappa shape index (κ2) is 8.29. The molecule has 2 aromatic rings. The lowest BCUT2D eigenvalue weighted by molar-refractivity contribution is 0.0938. The quantitative estimate of drug-likeness (QED) is 0.813. The second-order valence-electron chi connectivity index (χ2n) is 5.87. The van der Waals surface area contributed by atoms with Crippen molar-refractivity contribution in [3.8, 4) is 5.75 Å². The number of hydrogen-bond acceptors (Lipinski definition) is 5. The number of carbonyl (C=O) groups excluding carboxylic acids is 1. The van der Waals surface area contributed by atoms with Gasteiger partial charge in [-0.2, -0.15) is 0 Å². The number of hydrogen-bond donors (Lipinski definition) is 2. The fourth-order valence-corrected chi connectivity index (χ4v) is 1.97. The number of carbonyl (C=O) groups is 1. The number of para-hydroxylation sites is 2. The molecule has 1 amide bonds. The van der Waals surface area contributed by atoms with Gasteiger partial charge >= 0.3 is 0 Å². The van der Waals surface area contributed by atoms with E-state index in [0.29, 0.717) is 11.5 Å². The minimum atomic E-state index is -0.167. The van der Waals surface area contributed by atoms with Crippen LogP contribution in [0.1, 0.15) is 44.5 Å². The first-order valence-corrected chi connectivity index (χ1v) is 8.15. The first kappa shape index (κ1) is 17.7. The van der Waals surface area contributed by atoms with Gasteiger partial charge in [-0.25, -0.2) is 9.97 Å². The van der Waals surface area contributed by atoms with Gasteiger partial charge in [0.15, 0.2) is 0 Å².